The molecule has 2 aliphatic rings. The molecule has 0 aromatic heterocycles. The third-order valence-corrected chi connectivity index (χ3v) is 5.22. The first-order chi connectivity index (χ1) is 11.9. The van der Waals surface area contributed by atoms with Gasteiger partial charge in [-0.2, -0.15) is 0 Å². The molecule has 0 N–H and O–H groups in total. The molecule has 0 bridgehead atoms. The second-order valence-corrected chi connectivity index (χ2v) is 7.62. The van der Waals surface area contributed by atoms with Crippen LogP contribution in [0.4, 0.5) is 0 Å². The Morgan fingerprint density at radius 2 is 1.72 bits per heavy atom. The van der Waals surface area contributed by atoms with Crippen molar-refractivity contribution in [3.8, 4) is 5.75 Å². The Balaban J connectivity index is 1.94. The highest BCUT2D eigenvalue weighted by molar-refractivity contribution is 6.62. The van der Waals surface area contributed by atoms with E-state index in [1.54, 1.807) is 0 Å². The van der Waals surface area contributed by atoms with Crippen molar-refractivity contribution >= 4 is 12.6 Å². The van der Waals surface area contributed by atoms with E-state index in [-0.39, 0.29) is 0 Å². The summed E-state index contributed by atoms with van der Waals surface area (Å²) < 4.78 is 30.1. The van der Waals surface area contributed by atoms with Crippen molar-refractivity contribution in [1.82, 2.24) is 0 Å². The van der Waals surface area contributed by atoms with Crippen LogP contribution in [0.25, 0.3) is 0 Å². The Bertz CT molecular complexity index is 579. The Morgan fingerprint density at radius 3 is 2.32 bits per heavy atom. The smallest absolute Gasteiger partial charge is 0.493 e. The van der Waals surface area contributed by atoms with Gasteiger partial charge < -0.3 is 23.5 Å². The quantitative estimate of drug-likeness (QED) is 0.584. The van der Waals surface area contributed by atoms with E-state index in [1.807, 2.05) is 18.2 Å². The van der Waals surface area contributed by atoms with Crippen LogP contribution in [0.15, 0.2) is 18.2 Å². The van der Waals surface area contributed by atoms with Crippen molar-refractivity contribution in [2.24, 2.45) is 0 Å². The molecule has 2 saturated heterocycles. The third kappa shape index (κ3) is 3.72. The van der Waals surface area contributed by atoms with E-state index in [2.05, 4.69) is 34.6 Å². The first kappa shape index (κ1) is 18.7. The first-order valence-electron chi connectivity index (χ1n) is 9.20. The lowest BCUT2D eigenvalue weighted by Gasteiger charge is -2.32. The van der Waals surface area contributed by atoms with Gasteiger partial charge in [-0.1, -0.05) is 25.5 Å². The Hall–Kier alpha value is -1.08. The lowest BCUT2D eigenvalue weighted by Crippen LogP contribution is -2.41. The van der Waals surface area contributed by atoms with Crippen molar-refractivity contribution in [1.29, 1.82) is 0 Å². The van der Waals surface area contributed by atoms with Crippen LogP contribution in [0.1, 0.15) is 59.3 Å². The molecule has 0 saturated carbocycles. The maximum atomic E-state index is 6.24. The monoisotopic (exact) mass is 348 g/mol. The highest BCUT2D eigenvalue weighted by Crippen LogP contribution is 2.38. The Labute approximate surface area is 151 Å². The summed E-state index contributed by atoms with van der Waals surface area (Å²) in [4.78, 5) is 0. The summed E-state index contributed by atoms with van der Waals surface area (Å²) in [6.45, 7) is 12.2. The van der Waals surface area contributed by atoms with Crippen molar-refractivity contribution in [3.63, 3.8) is 0 Å². The maximum absolute atomic E-state index is 6.24. The normalized spacial score (nSPS) is 22.5. The molecule has 138 valence electrons. The lowest BCUT2D eigenvalue weighted by atomic mass is 9.75. The van der Waals surface area contributed by atoms with E-state index in [0.717, 1.165) is 29.6 Å². The molecule has 2 heterocycles. The molecule has 0 aliphatic carbocycles. The van der Waals surface area contributed by atoms with Crippen LogP contribution in [0, 0.1) is 0 Å². The van der Waals surface area contributed by atoms with Crippen molar-refractivity contribution < 1.29 is 23.5 Å². The van der Waals surface area contributed by atoms with E-state index >= 15 is 0 Å². The molecular weight excluding hydrogens is 319 g/mol. The van der Waals surface area contributed by atoms with Gasteiger partial charge in [-0.15, -0.1) is 0 Å². The number of unbranched alkanes of at least 4 members (excludes halogenated alkanes) is 1. The van der Waals surface area contributed by atoms with Crippen LogP contribution >= 0.6 is 0 Å². The minimum Gasteiger partial charge on any atom is -0.493 e. The van der Waals surface area contributed by atoms with Crippen LogP contribution in [-0.2, 0) is 18.8 Å². The summed E-state index contributed by atoms with van der Waals surface area (Å²) in [6.07, 6.45) is 1.65. The highest BCUT2D eigenvalue weighted by atomic mass is 16.7. The third-order valence-electron chi connectivity index (χ3n) is 5.22. The molecule has 1 aromatic rings. The second-order valence-electron chi connectivity index (χ2n) is 7.62. The zero-order chi connectivity index (χ0) is 18.1. The predicted molar refractivity (Wildman–Crippen MR) is 97.2 cm³/mol. The molecule has 3 rings (SSSR count). The van der Waals surface area contributed by atoms with E-state index in [9.17, 15) is 0 Å². The van der Waals surface area contributed by atoms with Crippen LogP contribution in [0.2, 0.25) is 0 Å². The summed E-state index contributed by atoms with van der Waals surface area (Å²) in [5.74, 6) is 0.785. The standard InChI is InChI=1S/C19H29BO5/c1-6-7-11-21-15-10-8-9-14(16(15)17-22-12-13-23-17)20-24-18(2,3)19(4,5)25-20/h8-10,17H,6-7,11-13H2,1-5H3. The summed E-state index contributed by atoms with van der Waals surface area (Å²) in [5.41, 5.74) is 1.01. The van der Waals surface area contributed by atoms with Gasteiger partial charge in [-0.25, -0.2) is 0 Å². The number of benzene rings is 1. The molecule has 0 atom stereocenters. The molecule has 0 spiro atoms. The van der Waals surface area contributed by atoms with E-state index < -0.39 is 24.6 Å². The van der Waals surface area contributed by atoms with Crippen molar-refractivity contribution in [2.45, 2.75) is 65.0 Å². The zero-order valence-electron chi connectivity index (χ0n) is 16.0. The average molecular weight is 348 g/mol. The predicted octanol–water partition coefficient (Wildman–Crippen LogP) is 3.21. The van der Waals surface area contributed by atoms with Gasteiger partial charge in [-0.05, 0) is 45.6 Å². The molecule has 5 nitrogen and oxygen atoms in total. The maximum Gasteiger partial charge on any atom is 0.495 e. The van der Waals surface area contributed by atoms with Crippen LogP contribution in [-0.4, -0.2) is 38.1 Å². The number of rotatable bonds is 6. The van der Waals surface area contributed by atoms with Gasteiger partial charge in [-0.3, -0.25) is 0 Å². The van der Waals surface area contributed by atoms with E-state index in [4.69, 9.17) is 23.5 Å². The molecule has 6 heteroatoms. The zero-order valence-corrected chi connectivity index (χ0v) is 16.0. The second kappa shape index (κ2) is 7.27. The lowest BCUT2D eigenvalue weighted by molar-refractivity contribution is -0.0451. The number of hydrogen-bond donors (Lipinski definition) is 0. The minimum atomic E-state index is -0.470. The van der Waals surface area contributed by atoms with E-state index in [0.29, 0.717) is 19.8 Å². The number of hydrogen-bond acceptors (Lipinski definition) is 5. The van der Waals surface area contributed by atoms with Gasteiger partial charge >= 0.3 is 7.12 Å². The fraction of sp³-hybridized carbons (Fsp3) is 0.684. The molecule has 0 unspecified atom stereocenters. The highest BCUT2D eigenvalue weighted by Gasteiger charge is 2.53. The molecule has 2 aliphatic heterocycles. The molecule has 1 aromatic carbocycles. The topological polar surface area (TPSA) is 46.2 Å². The van der Waals surface area contributed by atoms with Crippen LogP contribution < -0.4 is 10.2 Å². The van der Waals surface area contributed by atoms with Crippen molar-refractivity contribution in [3.05, 3.63) is 23.8 Å². The van der Waals surface area contributed by atoms with Gasteiger partial charge in [0.2, 0.25) is 0 Å². The summed E-state index contributed by atoms with van der Waals surface area (Å²) in [5, 5.41) is 0. The molecule has 0 amide bonds. The Kier molecular flexibility index (Phi) is 5.44. The summed E-state index contributed by atoms with van der Waals surface area (Å²) in [7, 11) is -0.470. The molecule has 0 radical (unpaired) electrons. The molecule has 25 heavy (non-hydrogen) atoms. The summed E-state index contributed by atoms with van der Waals surface area (Å²) in [6, 6.07) is 5.94. The molecular formula is C19H29BO5. The van der Waals surface area contributed by atoms with Gasteiger partial charge in [0.05, 0.1) is 31.0 Å². The van der Waals surface area contributed by atoms with E-state index in [1.165, 1.54) is 0 Å². The van der Waals surface area contributed by atoms with Gasteiger partial charge in [0.25, 0.3) is 0 Å². The molecule has 2 fully saturated rings. The Morgan fingerprint density at radius 1 is 1.08 bits per heavy atom. The summed E-state index contributed by atoms with van der Waals surface area (Å²) >= 11 is 0. The minimum absolute atomic E-state index is 0.397. The van der Waals surface area contributed by atoms with Crippen LogP contribution in [0.5, 0.6) is 5.75 Å². The largest absolute Gasteiger partial charge is 0.495 e. The van der Waals surface area contributed by atoms with Gasteiger partial charge in [0, 0.05) is 5.56 Å². The van der Waals surface area contributed by atoms with Gasteiger partial charge in [0.1, 0.15) is 5.75 Å². The van der Waals surface area contributed by atoms with Gasteiger partial charge in [0.15, 0.2) is 6.29 Å². The van der Waals surface area contributed by atoms with Crippen LogP contribution in [0.3, 0.4) is 0 Å². The fourth-order valence-corrected chi connectivity index (χ4v) is 2.97. The average Bonchev–Trinajstić information content (AvgIpc) is 3.14. The SMILES string of the molecule is CCCCOc1cccc(B2OC(C)(C)C(C)(C)O2)c1C1OCCO1. The fourth-order valence-electron chi connectivity index (χ4n) is 2.97. The van der Waals surface area contributed by atoms with Crippen molar-refractivity contribution in [2.75, 3.05) is 19.8 Å². The first-order valence-corrected chi connectivity index (χ1v) is 9.20. The number of ether oxygens (including phenoxy) is 3.